The van der Waals surface area contributed by atoms with E-state index in [1.54, 1.807) is 0 Å². The fourth-order valence-corrected chi connectivity index (χ4v) is 4.21. The van der Waals surface area contributed by atoms with Gasteiger partial charge in [-0.05, 0) is 75.2 Å². The molecule has 0 saturated carbocycles. The van der Waals surface area contributed by atoms with Crippen LogP contribution in [-0.4, -0.2) is 27.3 Å². The maximum atomic E-state index is 13.4. The summed E-state index contributed by atoms with van der Waals surface area (Å²) in [4.78, 5) is 27.8. The quantitative estimate of drug-likeness (QED) is 0.283. The average Bonchev–Trinajstić information content (AvgIpc) is 3.04. The third-order valence-electron chi connectivity index (χ3n) is 5.72. The number of rotatable bonds is 5. The Morgan fingerprint density at radius 3 is 2.26 bits per heavy atom. The number of amides is 1. The first-order valence-corrected chi connectivity index (χ1v) is 11.4. The highest BCUT2D eigenvalue weighted by Gasteiger charge is 2.46. The zero-order valence-electron chi connectivity index (χ0n) is 20.2. The van der Waals surface area contributed by atoms with Crippen LogP contribution in [0.5, 0.6) is 5.75 Å². The summed E-state index contributed by atoms with van der Waals surface area (Å²) in [5.41, 5.74) is 2.39. The summed E-state index contributed by atoms with van der Waals surface area (Å²) >= 11 is 0. The van der Waals surface area contributed by atoms with Gasteiger partial charge in [-0.1, -0.05) is 42.0 Å². The molecule has 1 aliphatic rings. The Hall–Kier alpha value is -3.93. The van der Waals surface area contributed by atoms with Gasteiger partial charge in [0.1, 0.15) is 22.9 Å². The molecule has 180 valence electrons. The van der Waals surface area contributed by atoms with Crippen molar-refractivity contribution < 1.29 is 23.8 Å². The Balaban J connectivity index is 1.76. The predicted octanol–water partition coefficient (Wildman–Crippen LogP) is 5.93. The summed E-state index contributed by atoms with van der Waals surface area (Å²) in [5, 5.41) is 11.1. The Morgan fingerprint density at radius 1 is 1.00 bits per heavy atom. The van der Waals surface area contributed by atoms with Crippen molar-refractivity contribution in [2.45, 2.75) is 45.9 Å². The van der Waals surface area contributed by atoms with Gasteiger partial charge in [0.25, 0.3) is 11.7 Å². The summed E-state index contributed by atoms with van der Waals surface area (Å²) in [6.45, 7) is 7.97. The summed E-state index contributed by atoms with van der Waals surface area (Å²) < 4.78 is 19.3. The van der Waals surface area contributed by atoms with Crippen LogP contribution in [0.15, 0.2) is 78.4 Å². The third kappa shape index (κ3) is 5.27. The van der Waals surface area contributed by atoms with E-state index >= 15 is 0 Å². The van der Waals surface area contributed by atoms with E-state index < -0.39 is 23.5 Å². The fourth-order valence-electron chi connectivity index (χ4n) is 4.21. The van der Waals surface area contributed by atoms with Gasteiger partial charge in [-0.25, -0.2) is 4.39 Å². The average molecular weight is 474 g/mol. The van der Waals surface area contributed by atoms with Crippen LogP contribution in [0.3, 0.4) is 0 Å². The van der Waals surface area contributed by atoms with Crippen LogP contribution in [0.4, 0.5) is 4.39 Å². The highest BCUT2D eigenvalue weighted by atomic mass is 19.1. The Bertz CT molecular complexity index is 1290. The van der Waals surface area contributed by atoms with Crippen molar-refractivity contribution in [1.82, 2.24) is 4.90 Å². The Kier molecular flexibility index (Phi) is 6.48. The number of aliphatic hydroxyl groups excluding tert-OH is 1. The maximum Gasteiger partial charge on any atom is 0.295 e. The minimum Gasteiger partial charge on any atom is -0.507 e. The largest absolute Gasteiger partial charge is 0.507 e. The molecule has 0 aliphatic carbocycles. The molecular weight excluding hydrogens is 445 g/mol. The van der Waals surface area contributed by atoms with Gasteiger partial charge in [0.2, 0.25) is 0 Å². The lowest BCUT2D eigenvalue weighted by Crippen LogP contribution is -2.29. The number of aliphatic hydroxyl groups is 1. The molecule has 1 saturated heterocycles. The topological polar surface area (TPSA) is 66.8 Å². The van der Waals surface area contributed by atoms with Gasteiger partial charge in [-0.2, -0.15) is 0 Å². The van der Waals surface area contributed by atoms with E-state index in [1.165, 1.54) is 29.2 Å². The molecule has 3 aromatic carbocycles. The predicted molar refractivity (Wildman–Crippen MR) is 132 cm³/mol. The van der Waals surface area contributed by atoms with Gasteiger partial charge < -0.3 is 14.7 Å². The number of carbonyl (C=O) groups excluding carboxylic acids is 2. The smallest absolute Gasteiger partial charge is 0.295 e. The molecule has 1 aliphatic heterocycles. The van der Waals surface area contributed by atoms with Crippen LogP contribution in [0, 0.1) is 12.7 Å². The number of aryl methyl sites for hydroxylation is 1. The van der Waals surface area contributed by atoms with Crippen molar-refractivity contribution in [2.75, 3.05) is 0 Å². The summed E-state index contributed by atoms with van der Waals surface area (Å²) in [5.74, 6) is -1.56. The molecule has 1 heterocycles. The first-order chi connectivity index (χ1) is 16.5. The third-order valence-corrected chi connectivity index (χ3v) is 5.72. The molecule has 5 nitrogen and oxygen atoms in total. The molecule has 4 rings (SSSR count). The van der Waals surface area contributed by atoms with Crippen LogP contribution in [0.1, 0.15) is 49.1 Å². The van der Waals surface area contributed by atoms with E-state index in [0.717, 1.165) is 11.1 Å². The zero-order chi connectivity index (χ0) is 25.3. The second-order valence-electron chi connectivity index (χ2n) is 9.71. The molecule has 1 amide bonds. The SMILES string of the molecule is Cc1cccc(C2/C(=C(/O)c3ccc(F)cc3)C(=O)C(=O)N2Cc2ccc(OC(C)(C)C)cc2)c1. The summed E-state index contributed by atoms with van der Waals surface area (Å²) in [7, 11) is 0. The standard InChI is InChI=1S/C29H28FNO4/c1-18-6-5-7-21(16-18)25-24(26(32)20-10-12-22(30)13-11-20)27(33)28(34)31(25)17-19-8-14-23(15-9-19)35-29(2,3)4/h5-16,25,32H,17H2,1-4H3/b26-24-. The molecule has 0 aromatic heterocycles. The van der Waals surface area contributed by atoms with E-state index in [-0.39, 0.29) is 29.0 Å². The number of hydrogen-bond acceptors (Lipinski definition) is 4. The van der Waals surface area contributed by atoms with Gasteiger partial charge in [0.05, 0.1) is 11.6 Å². The second kappa shape index (κ2) is 9.37. The van der Waals surface area contributed by atoms with E-state index in [9.17, 15) is 19.1 Å². The van der Waals surface area contributed by atoms with Crippen LogP contribution in [-0.2, 0) is 16.1 Å². The molecule has 3 aromatic rings. The van der Waals surface area contributed by atoms with Crippen LogP contribution in [0.2, 0.25) is 0 Å². The number of ketones is 1. The van der Waals surface area contributed by atoms with Crippen LogP contribution >= 0.6 is 0 Å². The normalized spacial score (nSPS) is 17.6. The first kappa shape index (κ1) is 24.2. The molecule has 0 spiro atoms. The van der Waals surface area contributed by atoms with Gasteiger partial charge in [0.15, 0.2) is 0 Å². The van der Waals surface area contributed by atoms with Gasteiger partial charge in [-0.15, -0.1) is 0 Å². The van der Waals surface area contributed by atoms with Crippen molar-refractivity contribution in [2.24, 2.45) is 0 Å². The lowest BCUT2D eigenvalue weighted by Gasteiger charge is -2.26. The van der Waals surface area contributed by atoms with Crippen LogP contribution < -0.4 is 4.74 Å². The summed E-state index contributed by atoms with van der Waals surface area (Å²) in [6.07, 6.45) is 0. The van der Waals surface area contributed by atoms with Crippen molar-refractivity contribution in [3.63, 3.8) is 0 Å². The molecule has 35 heavy (non-hydrogen) atoms. The van der Waals surface area contributed by atoms with E-state index in [0.29, 0.717) is 11.3 Å². The second-order valence-corrected chi connectivity index (χ2v) is 9.71. The number of ether oxygens (including phenoxy) is 1. The van der Waals surface area contributed by atoms with Crippen molar-refractivity contribution in [3.8, 4) is 5.75 Å². The van der Waals surface area contributed by atoms with Gasteiger partial charge in [0, 0.05) is 12.1 Å². The number of nitrogens with zero attached hydrogens (tertiary/aromatic N) is 1. The first-order valence-electron chi connectivity index (χ1n) is 11.4. The molecule has 1 atom stereocenters. The number of benzene rings is 3. The Morgan fingerprint density at radius 2 is 1.66 bits per heavy atom. The van der Waals surface area contributed by atoms with Gasteiger partial charge >= 0.3 is 0 Å². The number of hydrogen-bond donors (Lipinski definition) is 1. The molecule has 0 bridgehead atoms. The molecule has 1 fully saturated rings. The van der Waals surface area contributed by atoms with Gasteiger partial charge in [-0.3, -0.25) is 9.59 Å². The highest BCUT2D eigenvalue weighted by molar-refractivity contribution is 6.46. The number of halogens is 1. The molecular formula is C29H28FNO4. The molecule has 1 unspecified atom stereocenters. The maximum absolute atomic E-state index is 13.4. The minimum absolute atomic E-state index is 0.0140. The minimum atomic E-state index is -0.787. The summed E-state index contributed by atoms with van der Waals surface area (Å²) in [6, 6.07) is 19.3. The highest BCUT2D eigenvalue weighted by Crippen LogP contribution is 2.40. The van der Waals surface area contributed by atoms with Crippen molar-refractivity contribution in [1.29, 1.82) is 0 Å². The molecule has 0 radical (unpaired) electrons. The number of Topliss-reactive ketones (excluding diaryl/α,β-unsaturated/α-hetero) is 1. The van der Waals surface area contributed by atoms with E-state index in [1.807, 2.05) is 76.2 Å². The lowest BCUT2D eigenvalue weighted by atomic mass is 9.94. The van der Waals surface area contributed by atoms with E-state index in [4.69, 9.17) is 4.74 Å². The number of likely N-dealkylation sites (tertiary alicyclic amines) is 1. The molecule has 6 heteroatoms. The van der Waals surface area contributed by atoms with E-state index in [2.05, 4.69) is 0 Å². The van der Waals surface area contributed by atoms with Crippen LogP contribution in [0.25, 0.3) is 5.76 Å². The Labute approximate surface area is 204 Å². The zero-order valence-corrected chi connectivity index (χ0v) is 20.2. The van der Waals surface area contributed by atoms with Crippen molar-refractivity contribution in [3.05, 3.63) is 106 Å². The fraction of sp³-hybridized carbons (Fsp3) is 0.241. The molecule has 1 N–H and O–H groups in total. The van der Waals surface area contributed by atoms with Crippen molar-refractivity contribution >= 4 is 17.4 Å². The lowest BCUT2D eigenvalue weighted by molar-refractivity contribution is -0.140. The monoisotopic (exact) mass is 473 g/mol. The number of carbonyl (C=O) groups is 2.